The van der Waals surface area contributed by atoms with E-state index in [1.807, 2.05) is 0 Å². The van der Waals surface area contributed by atoms with Crippen molar-refractivity contribution in [1.82, 2.24) is 0 Å². The third-order valence-corrected chi connectivity index (χ3v) is 0. The highest BCUT2D eigenvalue weighted by Gasteiger charge is 1.67. The smallest absolute Gasteiger partial charge is 0.218 e. The highest BCUT2D eigenvalue weighted by atomic mass is 35.5. The van der Waals surface area contributed by atoms with Gasteiger partial charge in [0.1, 0.15) is 0 Å². The Balaban J connectivity index is -0.0000000389. The number of hydrogen-bond donors (Lipinski definition) is 0. The van der Waals surface area contributed by atoms with Crippen molar-refractivity contribution >= 4 is 33.7 Å². The molecule has 3 nitrogen and oxygen atoms in total. The number of rotatable bonds is 0. The van der Waals surface area contributed by atoms with Crippen molar-refractivity contribution in [3.05, 3.63) is 0 Å². The number of hydrogen-bond acceptors (Lipinski definition) is 3. The summed E-state index contributed by atoms with van der Waals surface area (Å²) in [6.45, 7) is 4.16. The second-order valence-corrected chi connectivity index (χ2v) is 2.29. The molecule has 0 radical (unpaired) electrons. The van der Waals surface area contributed by atoms with Crippen LogP contribution in [0.4, 0.5) is 0 Å². The Morgan fingerprint density at radius 2 is 1.17 bits per heavy atom. The molecule has 0 aromatic heterocycles. The topological polar surface area (TPSA) is 57.2 Å². The molecule has 0 aromatic rings. The number of carbonyl (C=O) groups excluding carboxylic acids is 2. The molecule has 0 aliphatic rings. The molecule has 0 amide bonds. The zero-order valence-corrected chi connectivity index (χ0v) is 9.33. The molecule has 0 spiro atoms. The minimum Gasteiger partial charge on any atom is -1.00 e. The molecule has 12 heavy (non-hydrogen) atoms. The molecule has 0 aliphatic heterocycles. The average Bonchev–Trinajstić information content (AvgIpc) is 1.60. The highest BCUT2D eigenvalue weighted by Crippen LogP contribution is 1.68. The van der Waals surface area contributed by atoms with Gasteiger partial charge in [-0.15, -0.1) is 6.61 Å². The van der Waals surface area contributed by atoms with Crippen LogP contribution in [-0.4, -0.2) is 17.1 Å². The second-order valence-electron chi connectivity index (χ2n) is 1.23. The fraction of sp³-hybridized carbons (Fsp3) is 0.667. The Morgan fingerprint density at radius 3 is 1.17 bits per heavy atom. The predicted molar refractivity (Wildman–Crippen MR) is 43.6 cm³/mol. The first-order valence-corrected chi connectivity index (χ1v) is 3.54. The molecular weight excluding hydrogens is 226 g/mol. The molecule has 0 atom stereocenters. The molecule has 0 fully saturated rings. The van der Waals surface area contributed by atoms with Crippen molar-refractivity contribution in [2.24, 2.45) is 0 Å². The zero-order chi connectivity index (χ0) is 9.86. The summed E-state index contributed by atoms with van der Waals surface area (Å²) >= 11 is 9.27. The second kappa shape index (κ2) is 22.5. The normalized spacial score (nSPS) is 5.83. The van der Waals surface area contributed by atoms with Crippen LogP contribution in [0.15, 0.2) is 0 Å². The fourth-order valence-corrected chi connectivity index (χ4v) is 0. The summed E-state index contributed by atoms with van der Waals surface area (Å²) in [5, 5.41) is 8.21. The molecule has 0 aliphatic carbocycles. The molecule has 76 valence electrons. The van der Waals surface area contributed by atoms with Gasteiger partial charge in [0.25, 0.3) is 0 Å². The molecule has 0 N–H and O–H groups in total. The van der Waals surface area contributed by atoms with E-state index < -0.39 is 0 Å². The van der Waals surface area contributed by atoms with Gasteiger partial charge in [0.2, 0.25) is 10.5 Å². The maximum atomic E-state index is 9.21. The molecule has 0 bridgehead atoms. The summed E-state index contributed by atoms with van der Waals surface area (Å²) in [4.78, 5) is 18.4. The predicted octanol–water partition coefficient (Wildman–Crippen LogP) is -2.09. The molecule has 0 saturated carbocycles. The van der Waals surface area contributed by atoms with Crippen LogP contribution in [0.2, 0.25) is 0 Å². The van der Waals surface area contributed by atoms with Crippen LogP contribution >= 0.6 is 23.2 Å². The Bertz CT molecular complexity index is 86.2. The van der Waals surface area contributed by atoms with Crippen LogP contribution in [0.3, 0.4) is 0 Å². The van der Waals surface area contributed by atoms with Crippen molar-refractivity contribution in [1.29, 1.82) is 0 Å². The first-order chi connectivity index (χ1) is 4.88. The van der Waals surface area contributed by atoms with Crippen LogP contribution in [0, 0.1) is 0 Å². The lowest BCUT2D eigenvalue weighted by Crippen LogP contribution is -3.00. The van der Waals surface area contributed by atoms with Crippen molar-refractivity contribution in [2.45, 2.75) is 20.8 Å². The fourth-order valence-electron chi connectivity index (χ4n) is 0. The third kappa shape index (κ3) is 29600. The van der Waals surface area contributed by atoms with Gasteiger partial charge >= 0.3 is 0 Å². The van der Waals surface area contributed by atoms with Gasteiger partial charge in [0, 0.05) is 13.8 Å². The monoisotopic (exact) mass is 236 g/mol. The van der Waals surface area contributed by atoms with E-state index in [1.165, 1.54) is 13.8 Å². The average molecular weight is 238 g/mol. The Morgan fingerprint density at radius 1 is 1.17 bits per heavy atom. The van der Waals surface area contributed by atoms with Gasteiger partial charge < -0.3 is 17.5 Å². The van der Waals surface area contributed by atoms with E-state index in [0.29, 0.717) is 0 Å². The minimum atomic E-state index is -0.361. The molecule has 0 unspecified atom stereocenters. The van der Waals surface area contributed by atoms with E-state index in [4.69, 9.17) is 5.11 Å². The van der Waals surface area contributed by atoms with Crippen LogP contribution in [0.5, 0.6) is 0 Å². The highest BCUT2D eigenvalue weighted by molar-refractivity contribution is 6.63. The van der Waals surface area contributed by atoms with Crippen LogP contribution in [0.25, 0.3) is 0 Å². The van der Waals surface area contributed by atoms with Crippen molar-refractivity contribution in [3.63, 3.8) is 0 Å². The summed E-state index contributed by atoms with van der Waals surface area (Å²) in [6.07, 6.45) is 0. The quantitative estimate of drug-likeness (QED) is 0.454. The minimum absolute atomic E-state index is 0. The third-order valence-electron chi connectivity index (χ3n) is 0. The van der Waals surface area contributed by atoms with Crippen LogP contribution < -0.4 is 17.5 Å². The molecule has 6 heteroatoms. The van der Waals surface area contributed by atoms with Gasteiger partial charge in [-0.3, -0.25) is 9.59 Å². The van der Waals surface area contributed by atoms with Crippen LogP contribution in [0.1, 0.15) is 20.8 Å². The van der Waals surface area contributed by atoms with Gasteiger partial charge in [-0.2, -0.15) is 0 Å². The summed E-state index contributed by atoms with van der Waals surface area (Å²) in [6, 6.07) is 0. The van der Waals surface area contributed by atoms with E-state index in [1.54, 1.807) is 6.92 Å². The number of halogens is 3. The summed E-state index contributed by atoms with van der Waals surface area (Å²) in [5.41, 5.74) is 0. The maximum absolute atomic E-state index is 9.21. The summed E-state index contributed by atoms with van der Waals surface area (Å²) in [5.74, 6) is 0. The van der Waals surface area contributed by atoms with E-state index in [-0.39, 0.29) is 29.5 Å². The van der Waals surface area contributed by atoms with Gasteiger partial charge in [-0.05, 0) is 23.2 Å². The SMILES string of the molecule is CC(=O)Cl.CC(=O)Cl.CC[O-].[Cl-]. The van der Waals surface area contributed by atoms with Crippen molar-refractivity contribution < 1.29 is 27.1 Å². The van der Waals surface area contributed by atoms with Gasteiger partial charge in [-0.25, -0.2) is 0 Å². The Kier molecular flexibility index (Phi) is 42.6. The Labute approximate surface area is 88.5 Å². The molecule has 0 saturated heterocycles. The van der Waals surface area contributed by atoms with Crippen molar-refractivity contribution in [3.8, 4) is 0 Å². The summed E-state index contributed by atoms with van der Waals surface area (Å²) < 4.78 is 0. The lowest BCUT2D eigenvalue weighted by Gasteiger charge is -1.79. The van der Waals surface area contributed by atoms with E-state index in [0.717, 1.165) is 0 Å². The van der Waals surface area contributed by atoms with Gasteiger partial charge in [0.15, 0.2) is 0 Å². The van der Waals surface area contributed by atoms with Crippen molar-refractivity contribution in [2.75, 3.05) is 6.61 Å². The first-order valence-electron chi connectivity index (χ1n) is 2.78. The lowest BCUT2D eigenvalue weighted by atomic mass is 10.9. The maximum Gasteiger partial charge on any atom is 0.218 e. The zero-order valence-electron chi connectivity index (χ0n) is 7.07. The van der Waals surface area contributed by atoms with Gasteiger partial charge in [0.05, 0.1) is 0 Å². The summed E-state index contributed by atoms with van der Waals surface area (Å²) in [7, 11) is 0. The molecular formula is C6H11Cl3O3-2. The van der Waals surface area contributed by atoms with Gasteiger partial charge in [-0.1, -0.05) is 6.92 Å². The van der Waals surface area contributed by atoms with E-state index in [2.05, 4.69) is 23.2 Å². The number of carbonyl (C=O) groups is 2. The molecule has 0 aromatic carbocycles. The largest absolute Gasteiger partial charge is 1.00 e. The van der Waals surface area contributed by atoms with E-state index >= 15 is 0 Å². The first kappa shape index (κ1) is 22.7. The lowest BCUT2D eigenvalue weighted by molar-refractivity contribution is -0.361. The molecule has 0 heterocycles. The Hall–Kier alpha value is 0.170. The van der Waals surface area contributed by atoms with E-state index in [9.17, 15) is 9.59 Å². The van der Waals surface area contributed by atoms with Crippen LogP contribution in [-0.2, 0) is 9.59 Å². The standard InChI is InChI=1S/2C2H3ClO.C2H5O.ClH/c2*1-2(3)4;1-2-3;/h2*1H3;2H2,1H3;1H/q;;-1;/p-1. The molecule has 0 rings (SSSR count).